The minimum Gasteiger partial charge on any atom is -0.494 e. The predicted molar refractivity (Wildman–Crippen MR) is 165 cm³/mol. The van der Waals surface area contributed by atoms with Gasteiger partial charge in [0.05, 0.1) is 27.2 Å². The Balaban J connectivity index is 1.74. The molecule has 1 saturated heterocycles. The van der Waals surface area contributed by atoms with Crippen molar-refractivity contribution in [1.82, 2.24) is 4.90 Å². The Morgan fingerprint density at radius 1 is 1.00 bits per heavy atom. The van der Waals surface area contributed by atoms with Gasteiger partial charge in [-0.1, -0.05) is 45.4 Å². The molecule has 0 radical (unpaired) electrons. The van der Waals surface area contributed by atoms with Gasteiger partial charge in [-0.2, -0.15) is 0 Å². The molecule has 2 aromatic carbocycles. The highest BCUT2D eigenvalue weighted by Gasteiger charge is 2.40. The number of hydrogen-bond donors (Lipinski definition) is 0. The maximum absolute atomic E-state index is 13.6. The summed E-state index contributed by atoms with van der Waals surface area (Å²) in [6.45, 7) is 6.87. The fraction of sp³-hybridized carbons (Fsp3) is 0.571. The standard InChI is InChI=1S/C35H47NO7/c1-6-7-21-42-27-13-10-11-25(22-27)29-16-14-24-15-17-30(40-4)32(41-5)28(24)18-19-35(2,3)33(38)34(39)36-20-9-8-12-26(36)23-31(37)43-29/h10-11,13,15,17,22,26,29H,6-9,12,14,16,18-21,23H2,1-5H3. The smallest absolute Gasteiger partial charge is 0.308 e. The van der Waals surface area contributed by atoms with Crippen LogP contribution >= 0.6 is 0 Å². The minimum atomic E-state index is -0.897. The van der Waals surface area contributed by atoms with Crippen LogP contribution in [0.2, 0.25) is 0 Å². The third-order valence-electron chi connectivity index (χ3n) is 8.79. The summed E-state index contributed by atoms with van der Waals surface area (Å²) >= 11 is 0. The van der Waals surface area contributed by atoms with Crippen LogP contribution in [0.4, 0.5) is 0 Å². The van der Waals surface area contributed by atoms with Gasteiger partial charge >= 0.3 is 5.97 Å². The zero-order valence-corrected chi connectivity index (χ0v) is 26.4. The van der Waals surface area contributed by atoms with Crippen molar-refractivity contribution in [2.75, 3.05) is 27.4 Å². The van der Waals surface area contributed by atoms with Crippen LogP contribution in [0.25, 0.3) is 0 Å². The Labute approximate surface area is 256 Å². The largest absolute Gasteiger partial charge is 0.494 e. The molecule has 2 aliphatic heterocycles. The number of rotatable bonds is 7. The summed E-state index contributed by atoms with van der Waals surface area (Å²) in [5.74, 6) is 0.661. The van der Waals surface area contributed by atoms with E-state index in [4.69, 9.17) is 18.9 Å². The van der Waals surface area contributed by atoms with Gasteiger partial charge in [0.2, 0.25) is 5.78 Å². The molecule has 1 amide bonds. The molecule has 2 aromatic rings. The minimum absolute atomic E-state index is 0.0598. The number of nitrogens with zero attached hydrogens (tertiary/aromatic N) is 1. The van der Waals surface area contributed by atoms with Crippen LogP contribution in [0.1, 0.15) is 94.9 Å². The van der Waals surface area contributed by atoms with E-state index in [0.717, 1.165) is 48.1 Å². The third-order valence-corrected chi connectivity index (χ3v) is 8.79. The number of Topliss-reactive ketones (excluding diaryl/α,β-unsaturated/α-hetero) is 1. The molecular formula is C35H47NO7. The van der Waals surface area contributed by atoms with Gasteiger partial charge in [0.25, 0.3) is 5.91 Å². The lowest BCUT2D eigenvalue weighted by molar-refractivity contribution is -0.156. The summed E-state index contributed by atoms with van der Waals surface area (Å²) in [4.78, 5) is 42.3. The second-order valence-electron chi connectivity index (χ2n) is 12.3. The van der Waals surface area contributed by atoms with Crippen LogP contribution in [0.5, 0.6) is 17.2 Å². The molecule has 0 bridgehead atoms. The lowest BCUT2D eigenvalue weighted by Gasteiger charge is -2.36. The molecule has 0 saturated carbocycles. The van der Waals surface area contributed by atoms with Crippen LogP contribution < -0.4 is 14.2 Å². The molecule has 234 valence electrons. The van der Waals surface area contributed by atoms with E-state index < -0.39 is 23.2 Å². The van der Waals surface area contributed by atoms with Crippen LogP contribution in [-0.2, 0) is 32.0 Å². The molecule has 0 aliphatic carbocycles. The monoisotopic (exact) mass is 593 g/mol. The molecule has 0 aromatic heterocycles. The predicted octanol–water partition coefficient (Wildman–Crippen LogP) is 6.41. The zero-order valence-electron chi connectivity index (χ0n) is 26.4. The fourth-order valence-electron chi connectivity index (χ4n) is 6.11. The normalized spacial score (nSPS) is 21.5. The first-order valence-electron chi connectivity index (χ1n) is 15.7. The average molecular weight is 594 g/mol. The number of hydrogen-bond acceptors (Lipinski definition) is 7. The van der Waals surface area contributed by atoms with Gasteiger partial charge in [-0.15, -0.1) is 0 Å². The Kier molecular flexibility index (Phi) is 11.1. The van der Waals surface area contributed by atoms with Gasteiger partial charge in [-0.3, -0.25) is 14.4 Å². The molecule has 2 aliphatic rings. The number of amides is 1. The summed E-state index contributed by atoms with van der Waals surface area (Å²) in [7, 11) is 3.21. The molecule has 2 unspecified atom stereocenters. The van der Waals surface area contributed by atoms with E-state index in [1.54, 1.807) is 19.1 Å². The highest BCUT2D eigenvalue weighted by Crippen LogP contribution is 2.39. The van der Waals surface area contributed by atoms with E-state index in [2.05, 4.69) is 6.92 Å². The van der Waals surface area contributed by atoms with Gasteiger partial charge in [0.15, 0.2) is 11.5 Å². The number of benzene rings is 2. The molecule has 0 spiro atoms. The Morgan fingerprint density at radius 3 is 2.56 bits per heavy atom. The van der Waals surface area contributed by atoms with Crippen molar-refractivity contribution in [3.63, 3.8) is 0 Å². The summed E-state index contributed by atoms with van der Waals surface area (Å²) in [5, 5.41) is 0. The number of carbonyl (C=O) groups excluding carboxylic acids is 3. The maximum Gasteiger partial charge on any atom is 0.308 e. The number of piperidine rings is 1. The second kappa shape index (κ2) is 14.8. The van der Waals surface area contributed by atoms with Crippen molar-refractivity contribution < 1.29 is 33.3 Å². The van der Waals surface area contributed by atoms with Gasteiger partial charge in [0, 0.05) is 23.6 Å². The average Bonchev–Trinajstić information content (AvgIpc) is 3.01. The number of ketones is 1. The lowest BCUT2D eigenvalue weighted by Crippen LogP contribution is -2.50. The number of cyclic esters (lactones) is 1. The third kappa shape index (κ3) is 7.89. The van der Waals surface area contributed by atoms with Gasteiger partial charge in [0.1, 0.15) is 11.9 Å². The van der Waals surface area contributed by atoms with E-state index in [1.165, 1.54) is 0 Å². The van der Waals surface area contributed by atoms with Crippen LogP contribution in [0.3, 0.4) is 0 Å². The van der Waals surface area contributed by atoms with Crippen LogP contribution in [-0.4, -0.2) is 56.0 Å². The number of fused-ring (bicyclic) bond motifs is 2. The first kappa shape index (κ1) is 32.4. The summed E-state index contributed by atoms with van der Waals surface area (Å²) in [5.41, 5.74) is 1.92. The fourth-order valence-corrected chi connectivity index (χ4v) is 6.11. The van der Waals surface area contributed by atoms with E-state index in [1.807, 2.05) is 50.2 Å². The van der Waals surface area contributed by atoms with Crippen molar-refractivity contribution in [3.8, 4) is 17.2 Å². The summed E-state index contributed by atoms with van der Waals surface area (Å²) in [6.07, 6.45) is 6.06. The zero-order chi connectivity index (χ0) is 31.0. The van der Waals surface area contributed by atoms with Gasteiger partial charge in [-0.25, -0.2) is 0 Å². The van der Waals surface area contributed by atoms with E-state index in [-0.39, 0.29) is 18.4 Å². The highest BCUT2D eigenvalue weighted by atomic mass is 16.5. The number of carbonyl (C=O) groups is 3. The van der Waals surface area contributed by atoms with Gasteiger partial charge < -0.3 is 23.8 Å². The van der Waals surface area contributed by atoms with Crippen molar-refractivity contribution in [2.24, 2.45) is 5.41 Å². The summed E-state index contributed by atoms with van der Waals surface area (Å²) < 4.78 is 23.6. The Morgan fingerprint density at radius 2 is 1.81 bits per heavy atom. The first-order chi connectivity index (χ1) is 20.7. The molecule has 8 nitrogen and oxygen atoms in total. The van der Waals surface area contributed by atoms with E-state index in [0.29, 0.717) is 56.8 Å². The SMILES string of the molecule is CCCCOc1cccc(C2CCc3ccc(OC)c(OC)c3CCC(C)(C)C(=O)C(=O)N3CCCCC3CC(=O)O2)c1. The van der Waals surface area contributed by atoms with Crippen molar-refractivity contribution in [2.45, 2.75) is 97.1 Å². The topological polar surface area (TPSA) is 91.4 Å². The van der Waals surface area contributed by atoms with Crippen LogP contribution in [0, 0.1) is 5.41 Å². The maximum atomic E-state index is 13.6. The number of aryl methyl sites for hydroxylation is 1. The Hall–Kier alpha value is -3.55. The molecule has 2 atom stereocenters. The molecule has 4 rings (SSSR count). The number of esters is 1. The second-order valence-corrected chi connectivity index (χ2v) is 12.3. The number of unbranched alkanes of at least 4 members (excludes halogenated alkanes) is 1. The molecule has 8 heteroatoms. The Bertz CT molecular complexity index is 1290. The lowest BCUT2D eigenvalue weighted by atomic mass is 9.80. The molecule has 43 heavy (non-hydrogen) atoms. The van der Waals surface area contributed by atoms with E-state index in [9.17, 15) is 14.4 Å². The first-order valence-corrected chi connectivity index (χ1v) is 15.7. The molecule has 1 fully saturated rings. The van der Waals surface area contributed by atoms with Crippen LogP contribution in [0.15, 0.2) is 36.4 Å². The van der Waals surface area contributed by atoms with E-state index >= 15 is 0 Å². The summed E-state index contributed by atoms with van der Waals surface area (Å²) in [6, 6.07) is 11.3. The van der Waals surface area contributed by atoms with Gasteiger partial charge in [-0.05, 0) is 80.7 Å². The van der Waals surface area contributed by atoms with Crippen molar-refractivity contribution in [1.29, 1.82) is 0 Å². The molecule has 0 N–H and O–H groups in total. The number of methoxy groups -OCH3 is 2. The van der Waals surface area contributed by atoms with Crippen molar-refractivity contribution in [3.05, 3.63) is 53.1 Å². The van der Waals surface area contributed by atoms with Crippen molar-refractivity contribution >= 4 is 17.7 Å². The molecule has 2 heterocycles. The number of ether oxygens (including phenoxy) is 4. The highest BCUT2D eigenvalue weighted by molar-refractivity contribution is 6.38. The quantitative estimate of drug-likeness (QED) is 0.208. The molecular weight excluding hydrogens is 546 g/mol.